The number of nitrogens with zero attached hydrogens (tertiary/aromatic N) is 2. The van der Waals surface area contributed by atoms with Crippen molar-refractivity contribution in [1.29, 1.82) is 0 Å². The zero-order valence-corrected chi connectivity index (χ0v) is 10.7. The van der Waals surface area contributed by atoms with Crippen molar-refractivity contribution in [2.45, 2.75) is 31.8 Å². The van der Waals surface area contributed by atoms with Gasteiger partial charge in [0.2, 0.25) is 0 Å². The maximum atomic E-state index is 12.4. The Bertz CT molecular complexity index is 505. The summed E-state index contributed by atoms with van der Waals surface area (Å²) < 4.78 is 0. The van der Waals surface area contributed by atoms with E-state index in [0.29, 0.717) is 18.8 Å². The molecule has 0 bridgehead atoms. The molecule has 3 rings (SSSR count). The molecule has 0 aromatic heterocycles. The normalized spacial score (nSPS) is 22.9. The van der Waals surface area contributed by atoms with Gasteiger partial charge < -0.3 is 10.6 Å². The number of benzene rings is 1. The van der Waals surface area contributed by atoms with E-state index in [0.717, 1.165) is 24.8 Å². The fourth-order valence-electron chi connectivity index (χ4n) is 2.85. The number of piperidine rings is 1. The molecule has 19 heavy (non-hydrogen) atoms. The van der Waals surface area contributed by atoms with Crippen LogP contribution in [0.5, 0.6) is 0 Å². The molecule has 3 amide bonds. The number of rotatable bonds is 2. The van der Waals surface area contributed by atoms with Gasteiger partial charge in [0.1, 0.15) is 6.04 Å². The summed E-state index contributed by atoms with van der Waals surface area (Å²) in [4.78, 5) is 27.7. The molecule has 2 saturated heterocycles. The lowest BCUT2D eigenvalue weighted by Gasteiger charge is -2.25. The van der Waals surface area contributed by atoms with E-state index < -0.39 is 0 Å². The zero-order chi connectivity index (χ0) is 13.4. The monoisotopic (exact) mass is 259 g/mol. The van der Waals surface area contributed by atoms with Gasteiger partial charge in [0.15, 0.2) is 0 Å². The van der Waals surface area contributed by atoms with Gasteiger partial charge in [-0.15, -0.1) is 0 Å². The van der Waals surface area contributed by atoms with Crippen molar-refractivity contribution in [3.05, 3.63) is 29.8 Å². The summed E-state index contributed by atoms with van der Waals surface area (Å²) in [6.07, 6.45) is 2.76. The predicted molar refractivity (Wildman–Crippen MR) is 71.6 cm³/mol. The number of imide groups is 1. The van der Waals surface area contributed by atoms with E-state index in [1.165, 1.54) is 4.90 Å². The Hall–Kier alpha value is -1.88. The average molecular weight is 259 g/mol. The molecular formula is C14H17N3O2. The highest BCUT2D eigenvalue weighted by atomic mass is 16.2. The molecule has 1 unspecified atom stereocenters. The summed E-state index contributed by atoms with van der Waals surface area (Å²) in [5, 5.41) is 0. The standard InChI is InChI=1S/C14H17N3O2/c15-9-10-4-3-5-11(8-10)17-13(18)12-6-1-2-7-16(12)14(17)19/h3-5,8,12H,1-2,6-7,9,15H2. The molecule has 2 fully saturated rings. The van der Waals surface area contributed by atoms with Gasteiger partial charge in [-0.1, -0.05) is 12.1 Å². The highest BCUT2D eigenvalue weighted by molar-refractivity contribution is 6.21. The first kappa shape index (κ1) is 12.2. The molecule has 5 heteroatoms. The van der Waals surface area contributed by atoms with Crippen molar-refractivity contribution in [2.75, 3.05) is 11.4 Å². The molecule has 0 saturated carbocycles. The van der Waals surface area contributed by atoms with Crippen LogP contribution in [0, 0.1) is 0 Å². The minimum absolute atomic E-state index is 0.0983. The van der Waals surface area contributed by atoms with Crippen molar-refractivity contribution in [3.63, 3.8) is 0 Å². The van der Waals surface area contributed by atoms with E-state index in [2.05, 4.69) is 0 Å². The number of hydrogen-bond donors (Lipinski definition) is 1. The summed E-state index contributed by atoms with van der Waals surface area (Å²) >= 11 is 0. The molecule has 1 aromatic rings. The van der Waals surface area contributed by atoms with Crippen LogP contribution in [-0.2, 0) is 11.3 Å². The summed E-state index contributed by atoms with van der Waals surface area (Å²) in [5.74, 6) is -0.0983. The van der Waals surface area contributed by atoms with Gasteiger partial charge in [0.25, 0.3) is 5.91 Å². The highest BCUT2D eigenvalue weighted by Crippen LogP contribution is 2.30. The van der Waals surface area contributed by atoms with Crippen molar-refractivity contribution in [1.82, 2.24) is 4.90 Å². The molecule has 100 valence electrons. The van der Waals surface area contributed by atoms with Gasteiger partial charge in [-0.25, -0.2) is 9.69 Å². The quantitative estimate of drug-likeness (QED) is 0.818. The molecule has 1 aromatic carbocycles. The second-order valence-electron chi connectivity index (χ2n) is 5.04. The van der Waals surface area contributed by atoms with E-state index in [4.69, 9.17) is 5.73 Å². The molecule has 0 aliphatic carbocycles. The molecule has 2 aliphatic rings. The number of carbonyl (C=O) groups is 2. The number of amides is 3. The van der Waals surface area contributed by atoms with Crippen molar-refractivity contribution < 1.29 is 9.59 Å². The van der Waals surface area contributed by atoms with Crippen LogP contribution in [-0.4, -0.2) is 29.4 Å². The Kier molecular flexibility index (Phi) is 2.98. The zero-order valence-electron chi connectivity index (χ0n) is 10.7. The van der Waals surface area contributed by atoms with Crippen LogP contribution in [0.2, 0.25) is 0 Å². The van der Waals surface area contributed by atoms with Crippen molar-refractivity contribution in [3.8, 4) is 0 Å². The summed E-state index contributed by atoms with van der Waals surface area (Å²) in [6, 6.07) is 6.87. The molecule has 0 spiro atoms. The number of anilines is 1. The molecular weight excluding hydrogens is 242 g/mol. The molecule has 2 aliphatic heterocycles. The first-order valence-electron chi connectivity index (χ1n) is 6.66. The Morgan fingerprint density at radius 1 is 1.26 bits per heavy atom. The number of hydrogen-bond acceptors (Lipinski definition) is 3. The summed E-state index contributed by atoms with van der Waals surface area (Å²) in [5.41, 5.74) is 7.16. The van der Waals surface area contributed by atoms with Crippen LogP contribution in [0.4, 0.5) is 10.5 Å². The lowest BCUT2D eigenvalue weighted by atomic mass is 10.0. The fourth-order valence-corrected chi connectivity index (χ4v) is 2.85. The van der Waals surface area contributed by atoms with E-state index in [1.807, 2.05) is 18.2 Å². The van der Waals surface area contributed by atoms with Crippen LogP contribution in [0.25, 0.3) is 0 Å². The Morgan fingerprint density at radius 3 is 2.84 bits per heavy atom. The maximum absolute atomic E-state index is 12.4. The van der Waals surface area contributed by atoms with Gasteiger partial charge in [0, 0.05) is 13.1 Å². The van der Waals surface area contributed by atoms with Crippen molar-refractivity contribution >= 4 is 17.6 Å². The van der Waals surface area contributed by atoms with Crippen LogP contribution in [0.1, 0.15) is 24.8 Å². The SMILES string of the molecule is NCc1cccc(N2C(=O)C3CCCCN3C2=O)c1. The molecule has 2 N–H and O–H groups in total. The minimum atomic E-state index is -0.261. The third-order valence-electron chi connectivity index (χ3n) is 3.85. The van der Waals surface area contributed by atoms with Crippen LogP contribution < -0.4 is 10.6 Å². The number of carbonyl (C=O) groups excluding carboxylic acids is 2. The Labute approximate surface area is 112 Å². The van der Waals surface area contributed by atoms with Crippen LogP contribution >= 0.6 is 0 Å². The maximum Gasteiger partial charge on any atom is 0.332 e. The fraction of sp³-hybridized carbons (Fsp3) is 0.429. The van der Waals surface area contributed by atoms with Gasteiger partial charge in [-0.3, -0.25) is 4.79 Å². The summed E-state index contributed by atoms with van der Waals surface area (Å²) in [7, 11) is 0. The number of nitrogens with two attached hydrogens (primary N) is 1. The van der Waals surface area contributed by atoms with Gasteiger partial charge in [0.05, 0.1) is 5.69 Å². The number of fused-ring (bicyclic) bond motifs is 1. The van der Waals surface area contributed by atoms with E-state index in [9.17, 15) is 9.59 Å². The first-order valence-corrected chi connectivity index (χ1v) is 6.66. The van der Waals surface area contributed by atoms with Gasteiger partial charge >= 0.3 is 6.03 Å². The molecule has 5 nitrogen and oxygen atoms in total. The third-order valence-corrected chi connectivity index (χ3v) is 3.85. The second-order valence-corrected chi connectivity index (χ2v) is 5.04. The largest absolute Gasteiger partial charge is 0.332 e. The highest BCUT2D eigenvalue weighted by Gasteiger charge is 2.46. The lowest BCUT2D eigenvalue weighted by molar-refractivity contribution is -0.120. The lowest BCUT2D eigenvalue weighted by Crippen LogP contribution is -2.39. The van der Waals surface area contributed by atoms with E-state index in [1.54, 1.807) is 11.0 Å². The Balaban J connectivity index is 1.95. The topological polar surface area (TPSA) is 66.6 Å². The van der Waals surface area contributed by atoms with E-state index in [-0.39, 0.29) is 18.0 Å². The second kappa shape index (κ2) is 4.66. The smallest absolute Gasteiger partial charge is 0.326 e. The third kappa shape index (κ3) is 1.90. The van der Waals surface area contributed by atoms with Crippen LogP contribution in [0.3, 0.4) is 0 Å². The molecule has 1 atom stereocenters. The first-order chi connectivity index (χ1) is 9.22. The van der Waals surface area contributed by atoms with Gasteiger partial charge in [-0.05, 0) is 37.0 Å². The van der Waals surface area contributed by atoms with Gasteiger partial charge in [-0.2, -0.15) is 0 Å². The minimum Gasteiger partial charge on any atom is -0.326 e. The van der Waals surface area contributed by atoms with E-state index >= 15 is 0 Å². The van der Waals surface area contributed by atoms with Crippen LogP contribution in [0.15, 0.2) is 24.3 Å². The predicted octanol–water partition coefficient (Wildman–Crippen LogP) is 1.47. The number of urea groups is 1. The Morgan fingerprint density at radius 2 is 2.11 bits per heavy atom. The molecule has 2 heterocycles. The van der Waals surface area contributed by atoms with Crippen molar-refractivity contribution in [2.24, 2.45) is 5.73 Å². The summed E-state index contributed by atoms with van der Waals surface area (Å²) in [6.45, 7) is 1.08. The average Bonchev–Trinajstić information content (AvgIpc) is 2.72. The molecule has 0 radical (unpaired) electrons.